The highest BCUT2D eigenvalue weighted by Crippen LogP contribution is 2.48. The van der Waals surface area contributed by atoms with Crippen LogP contribution in [0.3, 0.4) is 0 Å². The van der Waals surface area contributed by atoms with Gasteiger partial charge in [-0.25, -0.2) is 8.42 Å². The van der Waals surface area contributed by atoms with Gasteiger partial charge in [-0.15, -0.1) is 0 Å². The molecule has 110 valence electrons. The number of carbonyl (C=O) groups is 1. The lowest BCUT2D eigenvalue weighted by Crippen LogP contribution is -2.43. The third kappa shape index (κ3) is 5.10. The molecule has 0 aromatic heterocycles. The summed E-state index contributed by atoms with van der Waals surface area (Å²) in [4.78, 5) is 11.8. The van der Waals surface area contributed by atoms with Crippen LogP contribution in [0.25, 0.3) is 0 Å². The normalized spacial score (nSPS) is 21.4. The van der Waals surface area contributed by atoms with E-state index in [0.717, 1.165) is 18.1 Å². The Balaban J connectivity index is 1.70. The van der Waals surface area contributed by atoms with Crippen LogP contribution in [-0.4, -0.2) is 38.9 Å². The first-order valence-electron chi connectivity index (χ1n) is 7.08. The molecule has 2 aliphatic carbocycles. The van der Waals surface area contributed by atoms with E-state index >= 15 is 0 Å². The highest BCUT2D eigenvalue weighted by molar-refractivity contribution is 7.90. The third-order valence-electron chi connectivity index (χ3n) is 4.10. The van der Waals surface area contributed by atoms with Gasteiger partial charge in [0.2, 0.25) is 5.91 Å². The van der Waals surface area contributed by atoms with Gasteiger partial charge < -0.3 is 11.1 Å². The number of rotatable bonds is 8. The van der Waals surface area contributed by atoms with E-state index in [0.29, 0.717) is 12.5 Å². The van der Waals surface area contributed by atoms with Crippen LogP contribution in [0, 0.1) is 17.8 Å². The van der Waals surface area contributed by atoms with Crippen molar-refractivity contribution in [3.05, 3.63) is 0 Å². The van der Waals surface area contributed by atoms with E-state index < -0.39 is 15.9 Å². The van der Waals surface area contributed by atoms with E-state index in [9.17, 15) is 13.2 Å². The van der Waals surface area contributed by atoms with Crippen LogP contribution >= 0.6 is 0 Å². The summed E-state index contributed by atoms with van der Waals surface area (Å²) in [5, 5.41) is 2.90. The van der Waals surface area contributed by atoms with Crippen molar-refractivity contribution in [3.8, 4) is 0 Å². The Labute approximate surface area is 115 Å². The minimum atomic E-state index is -3.05. The molecule has 5 nitrogen and oxygen atoms in total. The monoisotopic (exact) mass is 288 g/mol. The molecule has 0 heterocycles. The average molecular weight is 288 g/mol. The average Bonchev–Trinajstić information content (AvgIpc) is 3.16. The van der Waals surface area contributed by atoms with E-state index in [4.69, 9.17) is 5.73 Å². The second-order valence-corrected chi connectivity index (χ2v) is 8.37. The Kier molecular flexibility index (Phi) is 4.50. The third-order valence-corrected chi connectivity index (χ3v) is 5.08. The lowest BCUT2D eigenvalue weighted by molar-refractivity contribution is -0.122. The van der Waals surface area contributed by atoms with Gasteiger partial charge in [0.1, 0.15) is 9.84 Å². The Morgan fingerprint density at radius 1 is 1.26 bits per heavy atom. The molecule has 19 heavy (non-hydrogen) atoms. The molecule has 0 saturated heterocycles. The molecule has 0 spiro atoms. The van der Waals surface area contributed by atoms with E-state index in [-0.39, 0.29) is 18.1 Å². The lowest BCUT2D eigenvalue weighted by Gasteiger charge is -2.18. The number of hydrogen-bond acceptors (Lipinski definition) is 4. The van der Waals surface area contributed by atoms with Gasteiger partial charge in [-0.1, -0.05) is 0 Å². The van der Waals surface area contributed by atoms with Crippen LogP contribution in [0.15, 0.2) is 0 Å². The quantitative estimate of drug-likeness (QED) is 0.672. The van der Waals surface area contributed by atoms with Crippen molar-refractivity contribution in [2.75, 3.05) is 18.6 Å². The summed E-state index contributed by atoms with van der Waals surface area (Å²) in [6, 6.07) is -0.714. The molecule has 2 rings (SSSR count). The Morgan fingerprint density at radius 2 is 1.79 bits per heavy atom. The number of nitrogens with two attached hydrogens (primary N) is 1. The Bertz CT molecular complexity index is 415. The van der Waals surface area contributed by atoms with Crippen molar-refractivity contribution in [2.24, 2.45) is 23.5 Å². The molecule has 0 radical (unpaired) electrons. The predicted molar refractivity (Wildman–Crippen MR) is 74.3 cm³/mol. The number of nitrogens with one attached hydrogen (secondary N) is 1. The molecule has 2 fully saturated rings. The molecule has 0 aromatic rings. The first-order chi connectivity index (χ1) is 8.87. The number of sulfone groups is 1. The van der Waals surface area contributed by atoms with Crippen LogP contribution < -0.4 is 11.1 Å². The fourth-order valence-electron chi connectivity index (χ4n) is 2.59. The highest BCUT2D eigenvalue weighted by Gasteiger charge is 2.41. The van der Waals surface area contributed by atoms with Crippen LogP contribution in [0.1, 0.15) is 32.1 Å². The summed E-state index contributed by atoms with van der Waals surface area (Å²) in [6.07, 6.45) is 6.51. The van der Waals surface area contributed by atoms with Crippen molar-refractivity contribution in [1.82, 2.24) is 5.32 Å². The van der Waals surface area contributed by atoms with Gasteiger partial charge in [-0.2, -0.15) is 0 Å². The summed E-state index contributed by atoms with van der Waals surface area (Å²) in [5.74, 6) is 1.96. The summed E-state index contributed by atoms with van der Waals surface area (Å²) in [6.45, 7) is 0.709. The molecule has 1 amide bonds. The van der Waals surface area contributed by atoms with E-state index in [2.05, 4.69) is 5.32 Å². The van der Waals surface area contributed by atoms with E-state index in [1.165, 1.54) is 25.7 Å². The zero-order chi connectivity index (χ0) is 14.0. The van der Waals surface area contributed by atoms with Gasteiger partial charge in [-0.3, -0.25) is 4.79 Å². The Morgan fingerprint density at radius 3 is 2.21 bits per heavy atom. The summed E-state index contributed by atoms with van der Waals surface area (Å²) in [7, 11) is -3.05. The van der Waals surface area contributed by atoms with E-state index in [1.807, 2.05) is 0 Å². The van der Waals surface area contributed by atoms with Gasteiger partial charge in [-0.05, 0) is 49.9 Å². The maximum Gasteiger partial charge on any atom is 0.236 e. The molecule has 2 saturated carbocycles. The molecule has 3 N–H and O–H groups in total. The molecule has 1 unspecified atom stereocenters. The maximum atomic E-state index is 11.8. The van der Waals surface area contributed by atoms with Gasteiger partial charge in [0, 0.05) is 12.8 Å². The van der Waals surface area contributed by atoms with Crippen LogP contribution in [0.4, 0.5) is 0 Å². The SMILES string of the molecule is CS(=O)(=O)CCC(N)C(=O)NCC(C1CC1)C1CC1. The van der Waals surface area contributed by atoms with Crippen molar-refractivity contribution in [3.63, 3.8) is 0 Å². The van der Waals surface area contributed by atoms with Gasteiger partial charge >= 0.3 is 0 Å². The highest BCUT2D eigenvalue weighted by atomic mass is 32.2. The molecule has 6 heteroatoms. The first-order valence-corrected chi connectivity index (χ1v) is 9.14. The van der Waals surface area contributed by atoms with Gasteiger partial charge in [0.15, 0.2) is 0 Å². The Hall–Kier alpha value is -0.620. The zero-order valence-corrected chi connectivity index (χ0v) is 12.3. The van der Waals surface area contributed by atoms with Gasteiger partial charge in [0.25, 0.3) is 0 Å². The van der Waals surface area contributed by atoms with Gasteiger partial charge in [0.05, 0.1) is 11.8 Å². The van der Waals surface area contributed by atoms with Crippen LogP contribution in [-0.2, 0) is 14.6 Å². The summed E-state index contributed by atoms with van der Waals surface area (Å²) < 4.78 is 22.1. The molecule has 0 aliphatic heterocycles. The zero-order valence-electron chi connectivity index (χ0n) is 11.5. The molecule has 2 aliphatic rings. The molecule has 0 bridgehead atoms. The fraction of sp³-hybridized carbons (Fsp3) is 0.923. The number of hydrogen-bond donors (Lipinski definition) is 2. The van der Waals surface area contributed by atoms with Crippen molar-refractivity contribution in [1.29, 1.82) is 0 Å². The first kappa shape index (κ1) is 14.8. The lowest BCUT2D eigenvalue weighted by atomic mass is 9.98. The predicted octanol–water partition coefficient (Wildman–Crippen LogP) is 0.301. The fourth-order valence-corrected chi connectivity index (χ4v) is 3.27. The van der Waals surface area contributed by atoms with Crippen molar-refractivity contribution in [2.45, 2.75) is 38.1 Å². The molecule has 1 atom stereocenters. The van der Waals surface area contributed by atoms with E-state index in [1.54, 1.807) is 0 Å². The summed E-state index contributed by atoms with van der Waals surface area (Å²) in [5.41, 5.74) is 5.72. The van der Waals surface area contributed by atoms with Crippen molar-refractivity contribution < 1.29 is 13.2 Å². The van der Waals surface area contributed by atoms with Crippen LogP contribution in [0.2, 0.25) is 0 Å². The standard InChI is InChI=1S/C13H24N2O3S/c1-19(17,18)7-6-12(14)13(16)15-8-11(9-2-3-9)10-4-5-10/h9-12H,2-8,14H2,1H3,(H,15,16). The minimum Gasteiger partial charge on any atom is -0.354 e. The smallest absolute Gasteiger partial charge is 0.236 e. The maximum absolute atomic E-state index is 11.8. The molecular weight excluding hydrogens is 264 g/mol. The largest absolute Gasteiger partial charge is 0.354 e. The molecular formula is C13H24N2O3S. The van der Waals surface area contributed by atoms with Crippen molar-refractivity contribution >= 4 is 15.7 Å². The molecule has 0 aromatic carbocycles. The minimum absolute atomic E-state index is 0.0315. The number of amides is 1. The topological polar surface area (TPSA) is 89.3 Å². The van der Waals surface area contributed by atoms with Crippen LogP contribution in [0.5, 0.6) is 0 Å². The second-order valence-electron chi connectivity index (χ2n) is 6.11. The number of carbonyl (C=O) groups excluding carboxylic acids is 1. The second kappa shape index (κ2) is 5.79. The summed E-state index contributed by atoms with van der Waals surface area (Å²) >= 11 is 0.